The van der Waals surface area contributed by atoms with E-state index in [2.05, 4.69) is 18.7 Å². The van der Waals surface area contributed by atoms with Crippen LogP contribution in [0.3, 0.4) is 0 Å². The van der Waals surface area contributed by atoms with Gasteiger partial charge in [0.2, 0.25) is 0 Å². The fraction of sp³-hybridized carbons (Fsp3) is 0.333. The summed E-state index contributed by atoms with van der Waals surface area (Å²) in [7, 11) is 0. The van der Waals surface area contributed by atoms with Crippen LogP contribution in [0.5, 0.6) is 0 Å². The zero-order valence-electron chi connectivity index (χ0n) is 19.9. The zero-order chi connectivity index (χ0) is 24.1. The van der Waals surface area contributed by atoms with E-state index in [-0.39, 0.29) is 36.1 Å². The van der Waals surface area contributed by atoms with Crippen LogP contribution in [0.15, 0.2) is 91.0 Å². The molecule has 0 bridgehead atoms. The molecular weight excluding hydrogens is 422 g/mol. The number of benzene rings is 3. The Kier molecular flexibility index (Phi) is 7.71. The van der Waals surface area contributed by atoms with Crippen molar-refractivity contribution in [3.8, 4) is 0 Å². The lowest BCUT2D eigenvalue weighted by atomic mass is 9.68. The Bertz CT molecular complexity index is 1020. The van der Waals surface area contributed by atoms with E-state index in [0.29, 0.717) is 24.2 Å². The molecule has 0 aliphatic carbocycles. The van der Waals surface area contributed by atoms with Gasteiger partial charge in [-0.1, -0.05) is 105 Å². The van der Waals surface area contributed by atoms with Gasteiger partial charge in [0, 0.05) is 48.0 Å². The van der Waals surface area contributed by atoms with Crippen molar-refractivity contribution < 1.29 is 14.7 Å². The molecule has 1 N–H and O–H groups in total. The number of hydrogen-bond donors (Lipinski definition) is 1. The largest absolute Gasteiger partial charge is 0.395 e. The normalized spacial score (nSPS) is 21.8. The maximum Gasteiger partial charge on any atom is 0.167 e. The van der Waals surface area contributed by atoms with Gasteiger partial charge in [-0.05, 0) is 11.5 Å². The quantitative estimate of drug-likeness (QED) is 0.480. The highest BCUT2D eigenvalue weighted by atomic mass is 16.3. The van der Waals surface area contributed by atoms with Crippen LogP contribution in [0.4, 0.5) is 0 Å². The Labute approximate surface area is 202 Å². The first kappa shape index (κ1) is 24.1. The smallest absolute Gasteiger partial charge is 0.167 e. The Morgan fingerprint density at radius 3 is 1.56 bits per heavy atom. The molecule has 1 heterocycles. The van der Waals surface area contributed by atoms with Crippen LogP contribution in [0, 0.1) is 17.8 Å². The van der Waals surface area contributed by atoms with E-state index in [0.717, 1.165) is 5.56 Å². The van der Waals surface area contributed by atoms with Crippen LogP contribution in [0.25, 0.3) is 0 Å². The summed E-state index contributed by atoms with van der Waals surface area (Å²) in [6.07, 6.45) is 0. The third-order valence-electron chi connectivity index (χ3n) is 7.13. The maximum absolute atomic E-state index is 13.9. The summed E-state index contributed by atoms with van der Waals surface area (Å²) in [6.45, 7) is 5.16. The second-order valence-electron chi connectivity index (χ2n) is 9.56. The third kappa shape index (κ3) is 5.03. The van der Waals surface area contributed by atoms with E-state index < -0.39 is 11.8 Å². The maximum atomic E-state index is 13.9. The number of rotatable bonds is 8. The fourth-order valence-corrected chi connectivity index (χ4v) is 5.37. The second-order valence-corrected chi connectivity index (χ2v) is 9.56. The summed E-state index contributed by atoms with van der Waals surface area (Å²) < 4.78 is 0. The Morgan fingerprint density at radius 1 is 0.765 bits per heavy atom. The van der Waals surface area contributed by atoms with Gasteiger partial charge >= 0.3 is 0 Å². The highest BCUT2D eigenvalue weighted by Gasteiger charge is 2.46. The third-order valence-corrected chi connectivity index (χ3v) is 7.13. The van der Waals surface area contributed by atoms with Gasteiger partial charge in [0.1, 0.15) is 0 Å². The van der Waals surface area contributed by atoms with Crippen molar-refractivity contribution >= 4 is 11.6 Å². The first-order valence-electron chi connectivity index (χ1n) is 12.1. The molecule has 3 aromatic rings. The van der Waals surface area contributed by atoms with Crippen molar-refractivity contribution in [2.45, 2.75) is 25.8 Å². The number of aliphatic hydroxyl groups excluding tert-OH is 1. The molecule has 176 valence electrons. The predicted molar refractivity (Wildman–Crippen MR) is 135 cm³/mol. The molecule has 4 nitrogen and oxygen atoms in total. The first-order chi connectivity index (χ1) is 16.5. The van der Waals surface area contributed by atoms with Gasteiger partial charge in [-0.3, -0.25) is 14.5 Å². The van der Waals surface area contributed by atoms with Crippen molar-refractivity contribution in [1.82, 2.24) is 4.90 Å². The van der Waals surface area contributed by atoms with Crippen LogP contribution in [0.2, 0.25) is 0 Å². The molecule has 1 saturated heterocycles. The summed E-state index contributed by atoms with van der Waals surface area (Å²) in [5, 5.41) is 10.2. The van der Waals surface area contributed by atoms with Gasteiger partial charge in [0.05, 0.1) is 6.61 Å². The molecule has 1 aliphatic rings. The van der Waals surface area contributed by atoms with Crippen LogP contribution in [0.1, 0.15) is 46.0 Å². The average molecular weight is 456 g/mol. The molecule has 0 aromatic heterocycles. The standard InChI is InChI=1S/C30H33NO3/c1-21(2)27(20-32)31-18-25(29(33)23-14-8-4-9-15-23)28(22-12-6-3-7-13-22)26(19-31)30(34)24-16-10-5-11-17-24/h3-17,21,25-28,32H,18-20H2,1-2H3. The molecule has 3 aromatic carbocycles. The van der Waals surface area contributed by atoms with E-state index in [9.17, 15) is 14.7 Å². The molecule has 4 rings (SSSR count). The minimum atomic E-state index is -0.399. The number of hydrogen-bond acceptors (Lipinski definition) is 4. The minimum Gasteiger partial charge on any atom is -0.395 e. The molecule has 0 spiro atoms. The summed E-state index contributed by atoms with van der Waals surface area (Å²) in [6, 6.07) is 28.6. The van der Waals surface area contributed by atoms with Crippen molar-refractivity contribution in [3.63, 3.8) is 0 Å². The summed E-state index contributed by atoms with van der Waals surface area (Å²) in [5.41, 5.74) is 2.33. The minimum absolute atomic E-state index is 0.00777. The van der Waals surface area contributed by atoms with Gasteiger partial charge in [0.25, 0.3) is 0 Å². The van der Waals surface area contributed by atoms with E-state index in [1.807, 2.05) is 91.0 Å². The summed E-state index contributed by atoms with van der Waals surface area (Å²) >= 11 is 0. The lowest BCUT2D eigenvalue weighted by Gasteiger charge is -2.46. The zero-order valence-corrected chi connectivity index (χ0v) is 19.9. The van der Waals surface area contributed by atoms with E-state index in [1.54, 1.807) is 0 Å². The van der Waals surface area contributed by atoms with Crippen LogP contribution in [-0.4, -0.2) is 47.3 Å². The second kappa shape index (κ2) is 10.9. The lowest BCUT2D eigenvalue weighted by Crippen LogP contribution is -2.55. The Balaban J connectivity index is 1.82. The number of likely N-dealkylation sites (tertiary alicyclic amines) is 1. The van der Waals surface area contributed by atoms with Crippen LogP contribution < -0.4 is 0 Å². The number of ketones is 2. The predicted octanol–water partition coefficient (Wildman–Crippen LogP) is 5.10. The van der Waals surface area contributed by atoms with Crippen LogP contribution >= 0.6 is 0 Å². The highest BCUT2D eigenvalue weighted by Crippen LogP contribution is 2.41. The van der Waals surface area contributed by atoms with Gasteiger partial charge in [0.15, 0.2) is 11.6 Å². The van der Waals surface area contributed by atoms with Crippen molar-refractivity contribution in [2.24, 2.45) is 17.8 Å². The van der Waals surface area contributed by atoms with E-state index >= 15 is 0 Å². The van der Waals surface area contributed by atoms with Crippen molar-refractivity contribution in [2.75, 3.05) is 19.7 Å². The van der Waals surface area contributed by atoms with E-state index in [1.165, 1.54) is 0 Å². The van der Waals surface area contributed by atoms with Gasteiger partial charge < -0.3 is 5.11 Å². The van der Waals surface area contributed by atoms with Crippen molar-refractivity contribution in [1.29, 1.82) is 0 Å². The molecule has 1 fully saturated rings. The van der Waals surface area contributed by atoms with Gasteiger partial charge in [-0.2, -0.15) is 0 Å². The van der Waals surface area contributed by atoms with Crippen LogP contribution in [-0.2, 0) is 0 Å². The SMILES string of the molecule is CC(C)C(CO)N1CC(C(=O)c2ccccc2)C(c2ccccc2)C(C(=O)c2ccccc2)C1. The molecule has 1 aliphatic heterocycles. The molecule has 4 heteroatoms. The number of carbonyl (C=O) groups is 2. The average Bonchev–Trinajstić information content (AvgIpc) is 2.89. The highest BCUT2D eigenvalue weighted by molar-refractivity contribution is 6.02. The Morgan fingerprint density at radius 2 is 1.18 bits per heavy atom. The molecule has 34 heavy (non-hydrogen) atoms. The number of carbonyl (C=O) groups excluding carboxylic acids is 2. The fourth-order valence-electron chi connectivity index (χ4n) is 5.37. The number of piperidine rings is 1. The first-order valence-corrected chi connectivity index (χ1v) is 12.1. The number of aliphatic hydroxyl groups is 1. The monoisotopic (exact) mass is 455 g/mol. The molecular formula is C30H33NO3. The number of nitrogens with zero attached hydrogens (tertiary/aromatic N) is 1. The number of Topliss-reactive ketones (excluding diaryl/α,β-unsaturated/α-hetero) is 2. The van der Waals surface area contributed by atoms with Gasteiger partial charge in [-0.25, -0.2) is 0 Å². The lowest BCUT2D eigenvalue weighted by molar-refractivity contribution is 0.0202. The van der Waals surface area contributed by atoms with Gasteiger partial charge in [-0.15, -0.1) is 0 Å². The molecule has 0 saturated carbocycles. The summed E-state index contributed by atoms with van der Waals surface area (Å²) in [5.74, 6) is -0.758. The van der Waals surface area contributed by atoms with E-state index in [4.69, 9.17) is 0 Å². The molecule has 3 unspecified atom stereocenters. The molecule has 0 amide bonds. The van der Waals surface area contributed by atoms with Crippen molar-refractivity contribution in [3.05, 3.63) is 108 Å². The molecule has 3 atom stereocenters. The molecule has 0 radical (unpaired) electrons. The Hall–Kier alpha value is -3.08. The summed E-state index contributed by atoms with van der Waals surface area (Å²) in [4.78, 5) is 30.0. The topological polar surface area (TPSA) is 57.6 Å².